The number of aromatic nitrogens is 2. The Labute approximate surface area is 143 Å². The van der Waals surface area contributed by atoms with Crippen LogP contribution in [0.15, 0.2) is 12.4 Å². The van der Waals surface area contributed by atoms with Crippen LogP contribution >= 0.6 is 12.4 Å². The Morgan fingerprint density at radius 1 is 1.35 bits per heavy atom. The van der Waals surface area contributed by atoms with Crippen molar-refractivity contribution in [1.82, 2.24) is 14.7 Å². The summed E-state index contributed by atoms with van der Waals surface area (Å²) in [5.74, 6) is -0.0788. The molecule has 7 nitrogen and oxygen atoms in total. The largest absolute Gasteiger partial charge is 0.331 e. The van der Waals surface area contributed by atoms with Crippen LogP contribution in [0.25, 0.3) is 0 Å². The zero-order valence-corrected chi connectivity index (χ0v) is 14.8. The standard InChI is InChI=1S/C15H25N5O2.ClH/c1-4-15(5-2,11-16)14(22)19-6-7-20(13(21)10-19)12-8-17-18(3)9-12;/h8-9H,4-7,10-11,16H2,1-3H3;1H. The molecule has 1 saturated heterocycles. The van der Waals surface area contributed by atoms with Crippen LogP contribution in [-0.4, -0.2) is 52.7 Å². The molecule has 1 aromatic heterocycles. The van der Waals surface area contributed by atoms with Crippen molar-refractivity contribution in [3.63, 3.8) is 0 Å². The lowest BCUT2D eigenvalue weighted by atomic mass is 9.80. The van der Waals surface area contributed by atoms with Crippen molar-refractivity contribution in [1.29, 1.82) is 0 Å². The first-order chi connectivity index (χ1) is 10.5. The van der Waals surface area contributed by atoms with Crippen LogP contribution in [0.3, 0.4) is 0 Å². The van der Waals surface area contributed by atoms with Gasteiger partial charge in [0.1, 0.15) is 6.54 Å². The van der Waals surface area contributed by atoms with Crippen molar-refractivity contribution >= 4 is 29.9 Å². The maximum absolute atomic E-state index is 12.8. The minimum Gasteiger partial charge on any atom is -0.331 e. The molecule has 0 atom stereocenters. The molecule has 8 heteroatoms. The minimum absolute atomic E-state index is 0. The maximum atomic E-state index is 12.8. The molecule has 0 saturated carbocycles. The smallest absolute Gasteiger partial charge is 0.246 e. The number of anilines is 1. The van der Waals surface area contributed by atoms with E-state index in [0.717, 1.165) is 5.69 Å². The Morgan fingerprint density at radius 3 is 2.43 bits per heavy atom. The fourth-order valence-electron chi connectivity index (χ4n) is 2.93. The highest BCUT2D eigenvalue weighted by Crippen LogP contribution is 2.29. The molecule has 23 heavy (non-hydrogen) atoms. The highest BCUT2D eigenvalue weighted by atomic mass is 35.5. The molecule has 1 fully saturated rings. The number of nitrogens with zero attached hydrogens (tertiary/aromatic N) is 4. The van der Waals surface area contributed by atoms with Gasteiger partial charge in [0.05, 0.1) is 17.3 Å². The zero-order valence-electron chi connectivity index (χ0n) is 14.0. The van der Waals surface area contributed by atoms with Gasteiger partial charge < -0.3 is 15.5 Å². The van der Waals surface area contributed by atoms with Crippen LogP contribution in [0.4, 0.5) is 5.69 Å². The lowest BCUT2D eigenvalue weighted by molar-refractivity contribution is -0.145. The predicted octanol–water partition coefficient (Wildman–Crippen LogP) is 0.782. The van der Waals surface area contributed by atoms with Crippen LogP contribution < -0.4 is 10.6 Å². The monoisotopic (exact) mass is 343 g/mol. The molecule has 0 aliphatic carbocycles. The van der Waals surface area contributed by atoms with E-state index in [9.17, 15) is 9.59 Å². The molecule has 2 heterocycles. The molecule has 2 amide bonds. The number of hydrogen-bond acceptors (Lipinski definition) is 4. The molecule has 0 spiro atoms. The Hall–Kier alpha value is -1.60. The Morgan fingerprint density at radius 2 is 2.00 bits per heavy atom. The van der Waals surface area contributed by atoms with Gasteiger partial charge in [-0.25, -0.2) is 0 Å². The number of rotatable bonds is 5. The van der Waals surface area contributed by atoms with Gasteiger partial charge in [-0.15, -0.1) is 12.4 Å². The van der Waals surface area contributed by atoms with Crippen LogP contribution in [0.2, 0.25) is 0 Å². The molecular formula is C15H26ClN5O2. The highest BCUT2D eigenvalue weighted by molar-refractivity contribution is 5.98. The molecule has 0 radical (unpaired) electrons. The summed E-state index contributed by atoms with van der Waals surface area (Å²) in [4.78, 5) is 28.5. The van der Waals surface area contributed by atoms with Gasteiger partial charge in [0.2, 0.25) is 11.8 Å². The molecule has 1 aliphatic heterocycles. The van der Waals surface area contributed by atoms with Gasteiger partial charge in [0.15, 0.2) is 0 Å². The van der Waals surface area contributed by atoms with Gasteiger partial charge in [0, 0.05) is 32.9 Å². The van der Waals surface area contributed by atoms with Crippen molar-refractivity contribution in [3.8, 4) is 0 Å². The summed E-state index contributed by atoms with van der Waals surface area (Å²) < 4.78 is 1.66. The van der Waals surface area contributed by atoms with Gasteiger partial charge >= 0.3 is 0 Å². The molecule has 2 rings (SSSR count). The third-order valence-electron chi connectivity index (χ3n) is 4.71. The SMILES string of the molecule is CCC(CC)(CN)C(=O)N1CCN(c2cnn(C)c2)C(=O)C1.Cl. The molecular weight excluding hydrogens is 318 g/mol. The Kier molecular flexibility index (Phi) is 6.58. The van der Waals surface area contributed by atoms with E-state index in [4.69, 9.17) is 5.73 Å². The van der Waals surface area contributed by atoms with Gasteiger partial charge in [-0.05, 0) is 12.8 Å². The number of carbonyl (C=O) groups is 2. The van der Waals surface area contributed by atoms with E-state index < -0.39 is 5.41 Å². The molecule has 0 bridgehead atoms. The summed E-state index contributed by atoms with van der Waals surface area (Å²) in [5, 5.41) is 4.09. The number of amides is 2. The van der Waals surface area contributed by atoms with Crippen molar-refractivity contribution in [3.05, 3.63) is 12.4 Å². The molecule has 0 aromatic carbocycles. The van der Waals surface area contributed by atoms with E-state index in [-0.39, 0.29) is 30.8 Å². The zero-order chi connectivity index (χ0) is 16.3. The number of piperazine rings is 1. The summed E-state index contributed by atoms with van der Waals surface area (Å²) in [5.41, 5.74) is 6.07. The van der Waals surface area contributed by atoms with Crippen LogP contribution in [0.5, 0.6) is 0 Å². The number of carbonyl (C=O) groups excluding carboxylic acids is 2. The second-order valence-electron chi connectivity index (χ2n) is 5.84. The van der Waals surface area contributed by atoms with Crippen molar-refractivity contribution in [2.45, 2.75) is 26.7 Å². The minimum atomic E-state index is -0.545. The second kappa shape index (κ2) is 7.79. The third-order valence-corrected chi connectivity index (χ3v) is 4.71. The fourth-order valence-corrected chi connectivity index (χ4v) is 2.93. The molecule has 130 valence electrons. The summed E-state index contributed by atoms with van der Waals surface area (Å²) in [6, 6.07) is 0. The Balaban J connectivity index is 0.00000264. The average molecular weight is 344 g/mol. The maximum Gasteiger partial charge on any atom is 0.246 e. The second-order valence-corrected chi connectivity index (χ2v) is 5.84. The van der Waals surface area contributed by atoms with Gasteiger partial charge in [-0.1, -0.05) is 13.8 Å². The molecule has 2 N–H and O–H groups in total. The normalized spacial score (nSPS) is 15.6. The summed E-state index contributed by atoms with van der Waals surface area (Å²) in [6.07, 6.45) is 4.85. The number of nitrogens with two attached hydrogens (primary N) is 1. The first-order valence-corrected chi connectivity index (χ1v) is 7.76. The van der Waals surface area contributed by atoms with E-state index in [0.29, 0.717) is 32.5 Å². The molecule has 0 unspecified atom stereocenters. The Bertz CT molecular complexity index is 548. The first kappa shape index (κ1) is 19.4. The number of aryl methyl sites for hydroxylation is 1. The van der Waals surface area contributed by atoms with Gasteiger partial charge in [-0.2, -0.15) is 5.10 Å². The third kappa shape index (κ3) is 3.67. The quantitative estimate of drug-likeness (QED) is 0.856. The fraction of sp³-hybridized carbons (Fsp3) is 0.667. The van der Waals surface area contributed by atoms with Crippen molar-refractivity contribution < 1.29 is 9.59 Å². The summed E-state index contributed by atoms with van der Waals surface area (Å²) >= 11 is 0. The van der Waals surface area contributed by atoms with Crippen LogP contribution in [-0.2, 0) is 16.6 Å². The van der Waals surface area contributed by atoms with Crippen molar-refractivity contribution in [2.75, 3.05) is 31.1 Å². The van der Waals surface area contributed by atoms with Crippen LogP contribution in [0.1, 0.15) is 26.7 Å². The van der Waals surface area contributed by atoms with Gasteiger partial charge in [0.25, 0.3) is 0 Å². The lowest BCUT2D eigenvalue weighted by Crippen LogP contribution is -2.57. The molecule has 1 aromatic rings. The van der Waals surface area contributed by atoms with E-state index in [1.807, 2.05) is 20.9 Å². The van der Waals surface area contributed by atoms with Crippen molar-refractivity contribution in [2.24, 2.45) is 18.2 Å². The van der Waals surface area contributed by atoms with E-state index >= 15 is 0 Å². The van der Waals surface area contributed by atoms with Gasteiger partial charge in [-0.3, -0.25) is 14.3 Å². The van der Waals surface area contributed by atoms with Crippen LogP contribution in [0, 0.1) is 5.41 Å². The van der Waals surface area contributed by atoms with E-state index in [1.165, 1.54) is 0 Å². The van der Waals surface area contributed by atoms with E-state index in [1.54, 1.807) is 26.9 Å². The average Bonchev–Trinajstić information content (AvgIpc) is 2.95. The van der Waals surface area contributed by atoms with E-state index in [2.05, 4.69) is 5.10 Å². The summed E-state index contributed by atoms with van der Waals surface area (Å²) in [6.45, 7) is 5.39. The number of hydrogen-bond donors (Lipinski definition) is 1. The highest BCUT2D eigenvalue weighted by Gasteiger charge is 2.39. The first-order valence-electron chi connectivity index (χ1n) is 7.76. The number of halogens is 1. The topological polar surface area (TPSA) is 84.5 Å². The lowest BCUT2D eigenvalue weighted by Gasteiger charge is -2.39. The predicted molar refractivity (Wildman–Crippen MR) is 91.5 cm³/mol. The summed E-state index contributed by atoms with van der Waals surface area (Å²) in [7, 11) is 1.81. The molecule has 1 aliphatic rings.